The van der Waals surface area contributed by atoms with E-state index in [0.29, 0.717) is 0 Å². The van der Waals surface area contributed by atoms with Crippen molar-refractivity contribution in [3.8, 4) is 0 Å². The molecule has 0 fully saturated rings. The van der Waals surface area contributed by atoms with Crippen LogP contribution in [-0.4, -0.2) is 18.6 Å². The first-order chi connectivity index (χ1) is 7.97. The summed E-state index contributed by atoms with van der Waals surface area (Å²) in [6, 6.07) is 1.89. The van der Waals surface area contributed by atoms with E-state index < -0.39 is 23.6 Å². The lowest BCUT2D eigenvalue weighted by Gasteiger charge is -2.11. The van der Waals surface area contributed by atoms with Gasteiger partial charge in [-0.25, -0.2) is 8.78 Å². The molecular weight excluding hydrogens is 228 g/mol. The van der Waals surface area contributed by atoms with Gasteiger partial charge in [0.05, 0.1) is 6.61 Å². The van der Waals surface area contributed by atoms with Gasteiger partial charge < -0.3 is 10.5 Å². The van der Waals surface area contributed by atoms with Gasteiger partial charge in [-0.1, -0.05) is 12.1 Å². The zero-order valence-corrected chi connectivity index (χ0v) is 9.80. The molecule has 0 aromatic heterocycles. The Balaban J connectivity index is 2.82. The molecule has 0 bridgehead atoms. The van der Waals surface area contributed by atoms with E-state index in [-0.39, 0.29) is 24.2 Å². The summed E-state index contributed by atoms with van der Waals surface area (Å²) in [5, 5.41) is 0. The summed E-state index contributed by atoms with van der Waals surface area (Å²) in [7, 11) is 0. The second-order valence-corrected chi connectivity index (χ2v) is 3.73. The molecule has 0 aliphatic heterocycles. The molecule has 1 atom stereocenters. The largest absolute Gasteiger partial charge is 0.465 e. The van der Waals surface area contributed by atoms with Crippen LogP contribution in [0.4, 0.5) is 8.78 Å². The van der Waals surface area contributed by atoms with Crippen LogP contribution < -0.4 is 5.73 Å². The Hall–Kier alpha value is -1.49. The van der Waals surface area contributed by atoms with Gasteiger partial charge in [0.25, 0.3) is 0 Å². The maximum atomic E-state index is 13.5. The zero-order chi connectivity index (χ0) is 13.0. The number of halogens is 2. The molecular formula is C12H15F2NO2. The lowest BCUT2D eigenvalue weighted by molar-refractivity contribution is -0.144. The van der Waals surface area contributed by atoms with E-state index in [1.54, 1.807) is 6.92 Å². The summed E-state index contributed by atoms with van der Waals surface area (Å²) < 4.78 is 31.4. The van der Waals surface area contributed by atoms with Gasteiger partial charge in [0.1, 0.15) is 6.04 Å². The van der Waals surface area contributed by atoms with Crippen molar-refractivity contribution in [3.63, 3.8) is 0 Å². The number of rotatable bonds is 4. The van der Waals surface area contributed by atoms with Crippen molar-refractivity contribution in [3.05, 3.63) is 34.9 Å². The van der Waals surface area contributed by atoms with Gasteiger partial charge in [0.2, 0.25) is 0 Å². The number of nitrogens with two attached hydrogens (primary N) is 1. The van der Waals surface area contributed by atoms with E-state index >= 15 is 0 Å². The quantitative estimate of drug-likeness (QED) is 0.819. The fourth-order valence-corrected chi connectivity index (χ4v) is 1.41. The van der Waals surface area contributed by atoms with Gasteiger partial charge in [-0.2, -0.15) is 0 Å². The van der Waals surface area contributed by atoms with Crippen LogP contribution in [0.2, 0.25) is 0 Å². The number of carbonyl (C=O) groups excluding carboxylic acids is 1. The highest BCUT2D eigenvalue weighted by molar-refractivity contribution is 5.75. The van der Waals surface area contributed by atoms with Crippen molar-refractivity contribution >= 4 is 5.97 Å². The van der Waals surface area contributed by atoms with Gasteiger partial charge in [-0.3, -0.25) is 4.79 Å². The van der Waals surface area contributed by atoms with Gasteiger partial charge in [0, 0.05) is 6.42 Å². The normalized spacial score (nSPS) is 12.3. The fourth-order valence-electron chi connectivity index (χ4n) is 1.41. The Labute approximate surface area is 98.6 Å². The molecule has 94 valence electrons. The smallest absolute Gasteiger partial charge is 0.323 e. The van der Waals surface area contributed by atoms with E-state index in [1.165, 1.54) is 19.1 Å². The molecule has 1 aromatic carbocycles. The summed E-state index contributed by atoms with van der Waals surface area (Å²) in [6.07, 6.45) is -0.0815. The molecule has 0 aliphatic rings. The molecule has 0 aliphatic carbocycles. The van der Waals surface area contributed by atoms with Crippen molar-refractivity contribution in [1.29, 1.82) is 0 Å². The maximum absolute atomic E-state index is 13.5. The fraction of sp³-hybridized carbons (Fsp3) is 0.417. The van der Waals surface area contributed by atoms with E-state index in [0.717, 1.165) is 0 Å². The highest BCUT2D eigenvalue weighted by Gasteiger charge is 2.19. The molecule has 3 nitrogen and oxygen atoms in total. The van der Waals surface area contributed by atoms with E-state index in [1.807, 2.05) is 0 Å². The second kappa shape index (κ2) is 5.72. The van der Waals surface area contributed by atoms with Gasteiger partial charge >= 0.3 is 5.97 Å². The predicted molar refractivity (Wildman–Crippen MR) is 59.4 cm³/mol. The zero-order valence-electron chi connectivity index (χ0n) is 9.80. The Morgan fingerprint density at radius 1 is 1.41 bits per heavy atom. The van der Waals surface area contributed by atoms with Gasteiger partial charge in [0.15, 0.2) is 11.6 Å². The molecule has 1 aromatic rings. The second-order valence-electron chi connectivity index (χ2n) is 3.73. The molecule has 0 amide bonds. The van der Waals surface area contributed by atoms with Crippen molar-refractivity contribution in [2.75, 3.05) is 6.61 Å². The molecule has 0 heterocycles. The van der Waals surface area contributed by atoms with Gasteiger partial charge in [-0.05, 0) is 25.0 Å². The van der Waals surface area contributed by atoms with Crippen LogP contribution in [0.15, 0.2) is 12.1 Å². The third kappa shape index (κ3) is 3.23. The summed E-state index contributed by atoms with van der Waals surface area (Å²) in [4.78, 5) is 11.2. The minimum Gasteiger partial charge on any atom is -0.465 e. The number of carbonyl (C=O) groups is 1. The molecule has 2 N–H and O–H groups in total. The molecule has 17 heavy (non-hydrogen) atoms. The monoisotopic (exact) mass is 243 g/mol. The van der Waals surface area contributed by atoms with Crippen LogP contribution in [0, 0.1) is 18.6 Å². The topological polar surface area (TPSA) is 52.3 Å². The molecule has 5 heteroatoms. The highest BCUT2D eigenvalue weighted by Crippen LogP contribution is 2.16. The summed E-state index contributed by atoms with van der Waals surface area (Å²) in [5.74, 6) is -2.48. The number of benzene rings is 1. The maximum Gasteiger partial charge on any atom is 0.323 e. The minimum absolute atomic E-state index is 0.0775. The average Bonchev–Trinajstić information content (AvgIpc) is 2.30. The van der Waals surface area contributed by atoms with Crippen LogP contribution in [0.25, 0.3) is 0 Å². The Bertz CT molecular complexity index is 421. The third-order valence-corrected chi connectivity index (χ3v) is 2.38. The number of hydrogen-bond donors (Lipinski definition) is 1. The third-order valence-electron chi connectivity index (χ3n) is 2.38. The number of aryl methyl sites for hydroxylation is 1. The standard InChI is InChI=1S/C12H15F2NO2/c1-3-17-12(16)9(15)6-8-5-4-7(2)10(13)11(8)14/h4-5,9H,3,6,15H2,1-2H3. The van der Waals surface area contributed by atoms with E-state index in [4.69, 9.17) is 5.73 Å². The lowest BCUT2D eigenvalue weighted by atomic mass is 10.0. The predicted octanol–water partition coefficient (Wildman–Crippen LogP) is 1.71. The summed E-state index contributed by atoms with van der Waals surface area (Å²) in [6.45, 7) is 3.32. The van der Waals surface area contributed by atoms with Gasteiger partial charge in [-0.15, -0.1) is 0 Å². The Morgan fingerprint density at radius 3 is 2.65 bits per heavy atom. The van der Waals surface area contributed by atoms with Crippen molar-refractivity contribution in [2.24, 2.45) is 5.73 Å². The summed E-state index contributed by atoms with van der Waals surface area (Å²) in [5.41, 5.74) is 5.82. The van der Waals surface area contributed by atoms with E-state index in [2.05, 4.69) is 4.74 Å². The molecule has 1 rings (SSSR count). The van der Waals surface area contributed by atoms with Crippen molar-refractivity contribution < 1.29 is 18.3 Å². The Kier molecular flexibility index (Phi) is 4.57. The summed E-state index contributed by atoms with van der Waals surface area (Å²) >= 11 is 0. The van der Waals surface area contributed by atoms with Crippen LogP contribution in [0.1, 0.15) is 18.1 Å². The lowest BCUT2D eigenvalue weighted by Crippen LogP contribution is -2.34. The highest BCUT2D eigenvalue weighted by atomic mass is 19.2. The first-order valence-electron chi connectivity index (χ1n) is 5.33. The van der Waals surface area contributed by atoms with Crippen LogP contribution >= 0.6 is 0 Å². The molecule has 0 saturated carbocycles. The molecule has 0 radical (unpaired) electrons. The molecule has 1 unspecified atom stereocenters. The number of esters is 1. The SMILES string of the molecule is CCOC(=O)C(N)Cc1ccc(C)c(F)c1F. The first kappa shape index (κ1) is 13.6. The number of hydrogen-bond acceptors (Lipinski definition) is 3. The van der Waals surface area contributed by atoms with Crippen LogP contribution in [0.3, 0.4) is 0 Å². The average molecular weight is 243 g/mol. The number of ether oxygens (including phenoxy) is 1. The molecule has 0 spiro atoms. The van der Waals surface area contributed by atoms with E-state index in [9.17, 15) is 13.6 Å². The van der Waals surface area contributed by atoms with Crippen molar-refractivity contribution in [1.82, 2.24) is 0 Å². The molecule has 0 saturated heterocycles. The Morgan fingerprint density at radius 2 is 2.06 bits per heavy atom. The van der Waals surface area contributed by atoms with Crippen LogP contribution in [-0.2, 0) is 16.0 Å². The first-order valence-corrected chi connectivity index (χ1v) is 5.33. The van der Waals surface area contributed by atoms with Crippen molar-refractivity contribution in [2.45, 2.75) is 26.3 Å². The van der Waals surface area contributed by atoms with Crippen LogP contribution in [0.5, 0.6) is 0 Å². The minimum atomic E-state index is -0.980.